The first-order valence-corrected chi connectivity index (χ1v) is 8.26. The third kappa shape index (κ3) is 6.38. The quantitative estimate of drug-likeness (QED) is 0.783. The van der Waals surface area contributed by atoms with Crippen LogP contribution in [-0.4, -0.2) is 26.4 Å². The molecule has 5 heteroatoms. The zero-order valence-electron chi connectivity index (χ0n) is 10.9. The summed E-state index contributed by atoms with van der Waals surface area (Å²) in [4.78, 5) is 0. The molecule has 0 bridgehead atoms. The second-order valence-corrected chi connectivity index (χ2v) is 8.06. The number of hydrogen-bond donors (Lipinski definition) is 0. The summed E-state index contributed by atoms with van der Waals surface area (Å²) in [5.41, 5.74) is 0.620. The van der Waals surface area contributed by atoms with Gasteiger partial charge in [0.25, 0.3) is 0 Å². The van der Waals surface area contributed by atoms with Crippen LogP contribution < -0.4 is 0 Å². The molecular weight excluding hydrogens is 272 g/mol. The summed E-state index contributed by atoms with van der Waals surface area (Å²) in [7, 11) is 1.80. The van der Waals surface area contributed by atoms with Crippen molar-refractivity contribution in [1.82, 2.24) is 0 Å². The average molecular weight is 291 g/mol. The van der Waals surface area contributed by atoms with E-state index in [0.717, 1.165) is 5.56 Å². The average Bonchev–Trinajstić information content (AvgIpc) is 2.23. The summed E-state index contributed by atoms with van der Waals surface area (Å²) < 4.78 is 28.2. The van der Waals surface area contributed by atoms with Crippen molar-refractivity contribution in [2.75, 3.05) is 12.4 Å². The maximum atomic E-state index is 11.2. The van der Waals surface area contributed by atoms with Gasteiger partial charge in [0.2, 0.25) is 9.05 Å². The van der Waals surface area contributed by atoms with Gasteiger partial charge < -0.3 is 4.74 Å². The molecule has 0 saturated carbocycles. The zero-order valence-corrected chi connectivity index (χ0v) is 12.5. The lowest BCUT2D eigenvalue weighted by Crippen LogP contribution is -2.25. The van der Waals surface area contributed by atoms with Gasteiger partial charge >= 0.3 is 0 Å². The molecule has 0 aliphatic carbocycles. The van der Waals surface area contributed by atoms with Crippen LogP contribution in [0.25, 0.3) is 0 Å². The fourth-order valence-electron chi connectivity index (χ4n) is 1.56. The highest BCUT2D eigenvalue weighted by Crippen LogP contribution is 2.22. The second-order valence-electron chi connectivity index (χ2n) is 5.24. The van der Waals surface area contributed by atoms with E-state index in [2.05, 4.69) is 0 Å². The topological polar surface area (TPSA) is 43.4 Å². The molecule has 1 atom stereocenters. The number of rotatable bonds is 5. The van der Waals surface area contributed by atoms with Crippen molar-refractivity contribution < 1.29 is 13.2 Å². The Morgan fingerprint density at radius 3 is 2.22 bits per heavy atom. The number of ether oxygens (including phenoxy) is 1. The van der Waals surface area contributed by atoms with Crippen LogP contribution in [0.3, 0.4) is 0 Å². The Balaban J connectivity index is 2.83. The fourth-order valence-corrected chi connectivity index (χ4v) is 2.78. The summed E-state index contributed by atoms with van der Waals surface area (Å²) in [6.07, 6.45) is 0. The van der Waals surface area contributed by atoms with E-state index >= 15 is 0 Å². The van der Waals surface area contributed by atoms with Gasteiger partial charge in [-0.15, -0.1) is 0 Å². The minimum atomic E-state index is -3.55. The maximum absolute atomic E-state index is 11.2. The fraction of sp³-hybridized carbons (Fsp3) is 0.538. The van der Waals surface area contributed by atoms with Gasteiger partial charge in [0.15, 0.2) is 0 Å². The minimum Gasteiger partial charge on any atom is -0.375 e. The van der Waals surface area contributed by atoms with Crippen LogP contribution in [0.15, 0.2) is 30.3 Å². The lowest BCUT2D eigenvalue weighted by atomic mass is 10.0. The van der Waals surface area contributed by atoms with E-state index in [9.17, 15) is 8.42 Å². The van der Waals surface area contributed by atoms with Crippen molar-refractivity contribution >= 4 is 19.7 Å². The highest BCUT2D eigenvalue weighted by Gasteiger charge is 2.21. The van der Waals surface area contributed by atoms with Crippen molar-refractivity contribution in [3.05, 3.63) is 35.9 Å². The molecule has 0 heterocycles. The molecule has 102 valence electrons. The number of hydrogen-bond acceptors (Lipinski definition) is 3. The first-order chi connectivity index (χ1) is 8.17. The van der Waals surface area contributed by atoms with E-state index in [0.29, 0.717) is 6.61 Å². The van der Waals surface area contributed by atoms with Crippen LogP contribution in [0.4, 0.5) is 0 Å². The van der Waals surface area contributed by atoms with Crippen LogP contribution >= 0.6 is 10.7 Å². The van der Waals surface area contributed by atoms with E-state index in [1.165, 1.54) is 0 Å². The molecule has 0 N–H and O–H groups in total. The summed E-state index contributed by atoms with van der Waals surface area (Å²) >= 11 is 0. The SMILES string of the molecule is CC(C)(C)OCC(CS(=O)(=O)Cl)c1ccccc1. The molecule has 3 nitrogen and oxygen atoms in total. The van der Waals surface area contributed by atoms with Gasteiger partial charge in [-0.2, -0.15) is 0 Å². The third-order valence-electron chi connectivity index (χ3n) is 2.39. The Morgan fingerprint density at radius 1 is 1.22 bits per heavy atom. The Labute approximate surface area is 114 Å². The molecule has 1 unspecified atom stereocenters. The van der Waals surface area contributed by atoms with Crippen molar-refractivity contribution in [3.8, 4) is 0 Å². The molecule has 0 saturated heterocycles. The standard InChI is InChI=1S/C13H19ClO3S/c1-13(2,3)17-9-12(10-18(14,15)16)11-7-5-4-6-8-11/h4-8,12H,9-10H2,1-3H3. The maximum Gasteiger partial charge on any atom is 0.233 e. The Hall–Kier alpha value is -0.580. The van der Waals surface area contributed by atoms with Crippen LogP contribution in [0.1, 0.15) is 32.3 Å². The summed E-state index contributed by atoms with van der Waals surface area (Å²) in [5, 5.41) is 0. The minimum absolute atomic E-state index is 0.116. The van der Waals surface area contributed by atoms with Crippen LogP contribution in [0.5, 0.6) is 0 Å². The lowest BCUT2D eigenvalue weighted by Gasteiger charge is -2.24. The summed E-state index contributed by atoms with van der Waals surface area (Å²) in [6, 6.07) is 9.42. The monoisotopic (exact) mass is 290 g/mol. The predicted octanol–water partition coefficient (Wildman–Crippen LogP) is 3.15. The first kappa shape index (κ1) is 15.5. The highest BCUT2D eigenvalue weighted by atomic mass is 35.7. The molecule has 0 aliphatic rings. The van der Waals surface area contributed by atoms with Crippen LogP contribution in [0.2, 0.25) is 0 Å². The number of benzene rings is 1. The molecule has 1 rings (SSSR count). The molecule has 1 aromatic rings. The van der Waals surface area contributed by atoms with Crippen LogP contribution in [-0.2, 0) is 13.8 Å². The molecule has 0 radical (unpaired) electrons. The lowest BCUT2D eigenvalue weighted by molar-refractivity contribution is -0.00850. The normalized spacial score (nSPS) is 14.4. The molecule has 18 heavy (non-hydrogen) atoms. The van der Waals surface area contributed by atoms with Gasteiger partial charge in [-0.3, -0.25) is 0 Å². The van der Waals surface area contributed by atoms with Crippen molar-refractivity contribution in [2.24, 2.45) is 0 Å². The smallest absolute Gasteiger partial charge is 0.233 e. The first-order valence-electron chi connectivity index (χ1n) is 5.78. The molecule has 0 aromatic heterocycles. The molecule has 0 amide bonds. The second kappa shape index (κ2) is 6.04. The Bertz CT molecular complexity index is 463. The van der Waals surface area contributed by atoms with Crippen LogP contribution in [0, 0.1) is 0 Å². The Kier molecular flexibility index (Phi) is 5.20. The molecule has 1 aromatic carbocycles. The van der Waals surface area contributed by atoms with E-state index in [-0.39, 0.29) is 17.3 Å². The van der Waals surface area contributed by atoms with Gasteiger partial charge in [-0.05, 0) is 26.3 Å². The van der Waals surface area contributed by atoms with Gasteiger partial charge in [0.1, 0.15) is 0 Å². The molecular formula is C13H19ClO3S. The van der Waals surface area contributed by atoms with E-state index in [4.69, 9.17) is 15.4 Å². The van der Waals surface area contributed by atoms with E-state index in [1.807, 2.05) is 51.1 Å². The highest BCUT2D eigenvalue weighted by molar-refractivity contribution is 8.13. The summed E-state index contributed by atoms with van der Waals surface area (Å²) in [6.45, 7) is 6.14. The van der Waals surface area contributed by atoms with E-state index in [1.54, 1.807) is 0 Å². The van der Waals surface area contributed by atoms with Gasteiger partial charge in [-0.1, -0.05) is 30.3 Å². The Morgan fingerprint density at radius 2 is 1.78 bits per heavy atom. The molecule has 0 spiro atoms. The van der Waals surface area contributed by atoms with Gasteiger partial charge in [0, 0.05) is 16.6 Å². The predicted molar refractivity (Wildman–Crippen MR) is 74.5 cm³/mol. The number of halogens is 1. The van der Waals surface area contributed by atoms with E-state index < -0.39 is 9.05 Å². The van der Waals surface area contributed by atoms with Crippen molar-refractivity contribution in [1.29, 1.82) is 0 Å². The third-order valence-corrected chi connectivity index (χ3v) is 3.57. The van der Waals surface area contributed by atoms with Gasteiger partial charge in [0.05, 0.1) is 18.0 Å². The van der Waals surface area contributed by atoms with Crippen molar-refractivity contribution in [3.63, 3.8) is 0 Å². The molecule has 0 aliphatic heterocycles. The summed E-state index contributed by atoms with van der Waals surface area (Å²) in [5.74, 6) is -0.359. The largest absolute Gasteiger partial charge is 0.375 e. The van der Waals surface area contributed by atoms with Crippen molar-refractivity contribution in [2.45, 2.75) is 32.3 Å². The molecule has 0 fully saturated rings. The zero-order chi connectivity index (χ0) is 13.8. The van der Waals surface area contributed by atoms with Gasteiger partial charge in [-0.25, -0.2) is 8.42 Å².